The quantitative estimate of drug-likeness (QED) is 0.343. The van der Waals surface area contributed by atoms with Gasteiger partial charge < -0.3 is 0 Å². The van der Waals surface area contributed by atoms with E-state index in [0.29, 0.717) is 21.2 Å². The van der Waals surface area contributed by atoms with Gasteiger partial charge in [0.2, 0.25) is 0 Å². The van der Waals surface area contributed by atoms with Gasteiger partial charge in [0.05, 0.1) is 0 Å². The van der Waals surface area contributed by atoms with E-state index in [0.717, 1.165) is 6.42 Å². The average molecular weight is 211 g/mol. The van der Waals surface area contributed by atoms with Gasteiger partial charge in [-0.3, -0.25) is 0 Å². The van der Waals surface area contributed by atoms with Crippen LogP contribution < -0.4 is 21.2 Å². The number of halogens is 1. The molecule has 1 unspecified atom stereocenters. The second kappa shape index (κ2) is 2.67. The van der Waals surface area contributed by atoms with Crippen LogP contribution in [0.4, 0.5) is 0 Å². The monoisotopic (exact) mass is 211 g/mol. The average Bonchev–Trinajstić information content (AvgIpc) is 1.69. The van der Waals surface area contributed by atoms with Crippen LogP contribution in [0.5, 0.6) is 0 Å². The van der Waals surface area contributed by atoms with Crippen LogP contribution >= 0.6 is 0 Å². The van der Waals surface area contributed by atoms with Gasteiger partial charge in [-0.05, 0) is 0 Å². The number of alkyl halides is 1. The molecule has 2 heteroatoms. The molecule has 0 aromatic carbocycles. The zero-order valence-electron chi connectivity index (χ0n) is 3.97. The summed E-state index contributed by atoms with van der Waals surface area (Å²) in [7, 11) is 0. The van der Waals surface area contributed by atoms with Gasteiger partial charge in [-0.15, -0.1) is 0 Å². The fourth-order valence-corrected chi connectivity index (χ4v) is 2.60. The molecule has 1 heterocycles. The normalized spacial score (nSPS) is 31.9. The van der Waals surface area contributed by atoms with Crippen molar-refractivity contribution in [1.29, 1.82) is 0 Å². The van der Waals surface area contributed by atoms with Crippen LogP contribution in [0.25, 0.3) is 0 Å². The van der Waals surface area contributed by atoms with Crippen LogP contribution in [-0.2, 0) is 0 Å². The fraction of sp³-hybridized carbons (Fsp3) is 0.600. The second-order valence-corrected chi connectivity index (χ2v) is 4.20. The summed E-state index contributed by atoms with van der Waals surface area (Å²) in [6, 6.07) is 0. The molecule has 0 spiro atoms. The molecular formula is C5H8IO-. The van der Waals surface area contributed by atoms with Crippen molar-refractivity contribution >= 4 is 0 Å². The number of hydrogen-bond acceptors (Lipinski definition) is 1. The Morgan fingerprint density at radius 1 is 1.71 bits per heavy atom. The third-order valence-electron chi connectivity index (χ3n) is 0.898. The van der Waals surface area contributed by atoms with Crippen molar-refractivity contribution < 1.29 is 26.3 Å². The molecule has 7 heavy (non-hydrogen) atoms. The van der Waals surface area contributed by atoms with Gasteiger partial charge in [-0.1, -0.05) is 0 Å². The van der Waals surface area contributed by atoms with Crippen molar-refractivity contribution in [1.82, 2.24) is 0 Å². The van der Waals surface area contributed by atoms with E-state index in [2.05, 4.69) is 4.08 Å². The summed E-state index contributed by atoms with van der Waals surface area (Å²) < 4.78 is 3.41. The zero-order valence-corrected chi connectivity index (χ0v) is 6.13. The van der Waals surface area contributed by atoms with Crippen molar-refractivity contribution in [3.05, 3.63) is 10.2 Å². The van der Waals surface area contributed by atoms with Crippen molar-refractivity contribution in [2.24, 2.45) is 0 Å². The van der Waals surface area contributed by atoms with Gasteiger partial charge in [-0.2, -0.15) is 0 Å². The van der Waals surface area contributed by atoms with Crippen LogP contribution in [0.15, 0.2) is 10.2 Å². The SMILES string of the molecule is OC1C=C[I-]CC1. The van der Waals surface area contributed by atoms with Crippen LogP contribution in [0.2, 0.25) is 0 Å². The molecule has 42 valence electrons. The van der Waals surface area contributed by atoms with Crippen LogP contribution in [0, 0.1) is 0 Å². The van der Waals surface area contributed by atoms with Crippen LogP contribution in [-0.4, -0.2) is 15.6 Å². The molecule has 1 N–H and O–H groups in total. The maximum absolute atomic E-state index is 8.84. The summed E-state index contributed by atoms with van der Waals surface area (Å²) >= 11 is 0.347. The Morgan fingerprint density at radius 3 is 2.86 bits per heavy atom. The third kappa shape index (κ3) is 1.78. The first kappa shape index (κ1) is 5.56. The summed E-state index contributed by atoms with van der Waals surface area (Å²) in [6.45, 7) is 0. The minimum atomic E-state index is -0.117. The Bertz CT molecular complexity index is 80.1. The van der Waals surface area contributed by atoms with E-state index >= 15 is 0 Å². The minimum absolute atomic E-state index is 0.117. The van der Waals surface area contributed by atoms with Gasteiger partial charge >= 0.3 is 53.4 Å². The molecule has 1 aliphatic heterocycles. The summed E-state index contributed by atoms with van der Waals surface area (Å²) in [5.41, 5.74) is 0. The summed E-state index contributed by atoms with van der Waals surface area (Å²) in [5.74, 6) is 0. The van der Waals surface area contributed by atoms with E-state index in [1.807, 2.05) is 6.08 Å². The molecule has 0 aromatic rings. The summed E-state index contributed by atoms with van der Waals surface area (Å²) in [5, 5.41) is 8.84. The second-order valence-electron chi connectivity index (χ2n) is 1.52. The Morgan fingerprint density at radius 2 is 2.57 bits per heavy atom. The van der Waals surface area contributed by atoms with E-state index < -0.39 is 0 Å². The number of aliphatic hydroxyl groups excluding tert-OH is 1. The number of rotatable bonds is 0. The van der Waals surface area contributed by atoms with E-state index in [-0.39, 0.29) is 6.10 Å². The van der Waals surface area contributed by atoms with Crippen molar-refractivity contribution in [3.63, 3.8) is 0 Å². The van der Waals surface area contributed by atoms with Crippen molar-refractivity contribution in [2.75, 3.05) is 4.43 Å². The maximum atomic E-state index is 8.84. The van der Waals surface area contributed by atoms with Crippen LogP contribution in [0.1, 0.15) is 6.42 Å². The molecule has 0 bridgehead atoms. The number of hydrogen-bond donors (Lipinski definition) is 1. The van der Waals surface area contributed by atoms with Gasteiger partial charge in [0.15, 0.2) is 0 Å². The first-order valence-electron chi connectivity index (χ1n) is 2.32. The van der Waals surface area contributed by atoms with Gasteiger partial charge in [0.1, 0.15) is 0 Å². The molecule has 0 saturated heterocycles. The van der Waals surface area contributed by atoms with Crippen LogP contribution in [0.3, 0.4) is 0 Å². The molecular weight excluding hydrogens is 203 g/mol. The summed E-state index contributed by atoms with van der Waals surface area (Å²) in [4.78, 5) is 0. The van der Waals surface area contributed by atoms with Crippen molar-refractivity contribution in [3.8, 4) is 0 Å². The Kier molecular flexibility index (Phi) is 2.12. The Labute approximate surface area is 53.7 Å². The molecule has 0 amide bonds. The molecule has 0 fully saturated rings. The fourth-order valence-electron chi connectivity index (χ4n) is 0.469. The molecule has 1 rings (SSSR count). The van der Waals surface area contributed by atoms with Crippen molar-refractivity contribution in [2.45, 2.75) is 12.5 Å². The summed E-state index contributed by atoms with van der Waals surface area (Å²) in [6.07, 6.45) is 2.80. The third-order valence-corrected chi connectivity index (χ3v) is 3.07. The Balaban J connectivity index is 2.36. The van der Waals surface area contributed by atoms with E-state index in [9.17, 15) is 0 Å². The Hall–Kier alpha value is 0.430. The molecule has 1 atom stereocenters. The van der Waals surface area contributed by atoms with E-state index in [4.69, 9.17) is 5.11 Å². The molecule has 0 aromatic heterocycles. The number of aliphatic hydroxyl groups is 1. The van der Waals surface area contributed by atoms with Gasteiger partial charge in [0, 0.05) is 0 Å². The van der Waals surface area contributed by atoms with Gasteiger partial charge in [-0.25, -0.2) is 0 Å². The first-order chi connectivity index (χ1) is 3.39. The topological polar surface area (TPSA) is 20.2 Å². The zero-order chi connectivity index (χ0) is 5.11. The van der Waals surface area contributed by atoms with E-state index in [1.165, 1.54) is 4.43 Å². The molecule has 1 nitrogen and oxygen atoms in total. The predicted molar refractivity (Wildman–Crippen MR) is 24.6 cm³/mol. The molecule has 0 aliphatic carbocycles. The standard InChI is InChI=1S/C5H8IO/c7-5-1-3-6-4-2-5/h1,3,5,7H,2,4H2/q-1. The molecule has 0 radical (unpaired) electrons. The van der Waals surface area contributed by atoms with E-state index in [1.54, 1.807) is 0 Å². The first-order valence-corrected chi connectivity index (χ1v) is 5.09. The molecule has 0 saturated carbocycles. The molecule has 1 aliphatic rings. The van der Waals surface area contributed by atoms with Gasteiger partial charge in [0.25, 0.3) is 0 Å². The predicted octanol–water partition coefficient (Wildman–Crippen LogP) is -2.65.